The molecule has 3 nitrogen and oxygen atoms in total. The van der Waals surface area contributed by atoms with E-state index in [0.717, 1.165) is 0 Å². The Morgan fingerprint density at radius 3 is 2.83 bits per heavy atom. The van der Waals surface area contributed by atoms with Gasteiger partial charge in [0.15, 0.2) is 0 Å². The van der Waals surface area contributed by atoms with E-state index < -0.39 is 11.4 Å². The Labute approximate surface area is 111 Å². The van der Waals surface area contributed by atoms with Crippen LogP contribution in [0.2, 0.25) is 0 Å². The maximum atomic E-state index is 13.6. The number of aromatic nitrogens is 1. The maximum Gasteiger partial charge on any atom is 0.268 e. The topological polar surface area (TPSA) is 45.8 Å². The van der Waals surface area contributed by atoms with Crippen molar-refractivity contribution in [3.05, 3.63) is 68.3 Å². The summed E-state index contributed by atoms with van der Waals surface area (Å²) in [5.74, 6) is -0.390. The van der Waals surface area contributed by atoms with Crippen molar-refractivity contribution in [2.75, 3.05) is 0 Å². The Bertz CT molecular complexity index is 688. The van der Waals surface area contributed by atoms with Gasteiger partial charge in [0.1, 0.15) is 17.4 Å². The number of benzene rings is 1. The first-order valence-corrected chi connectivity index (χ1v) is 5.94. The molecular formula is C13H8BrFN2O. The molecule has 0 saturated carbocycles. The van der Waals surface area contributed by atoms with Crippen molar-refractivity contribution < 1.29 is 4.39 Å². The molecule has 0 aliphatic heterocycles. The first-order chi connectivity index (χ1) is 8.61. The summed E-state index contributed by atoms with van der Waals surface area (Å²) >= 11 is 3.17. The summed E-state index contributed by atoms with van der Waals surface area (Å²) < 4.78 is 15.6. The highest BCUT2D eigenvalue weighted by molar-refractivity contribution is 9.10. The number of halogens is 2. The van der Waals surface area contributed by atoms with Crippen LogP contribution in [0, 0.1) is 17.1 Å². The van der Waals surface area contributed by atoms with E-state index in [1.54, 1.807) is 18.2 Å². The highest BCUT2D eigenvalue weighted by Crippen LogP contribution is 2.15. The highest BCUT2D eigenvalue weighted by atomic mass is 79.9. The quantitative estimate of drug-likeness (QED) is 0.856. The lowest BCUT2D eigenvalue weighted by Crippen LogP contribution is -2.22. The molecule has 0 radical (unpaired) electrons. The minimum atomic E-state index is -0.415. The van der Waals surface area contributed by atoms with Gasteiger partial charge in [0.2, 0.25) is 0 Å². The molecular weight excluding hydrogens is 299 g/mol. The van der Waals surface area contributed by atoms with Crippen LogP contribution in [-0.4, -0.2) is 4.57 Å². The molecule has 0 saturated heterocycles. The molecule has 1 heterocycles. The second-order valence-corrected chi connectivity index (χ2v) is 4.62. The number of rotatable bonds is 2. The molecule has 0 N–H and O–H groups in total. The van der Waals surface area contributed by atoms with Gasteiger partial charge in [-0.15, -0.1) is 0 Å². The summed E-state index contributed by atoms with van der Waals surface area (Å²) in [4.78, 5) is 11.8. The fraction of sp³-hybridized carbons (Fsp3) is 0.0769. The van der Waals surface area contributed by atoms with Crippen molar-refractivity contribution in [1.29, 1.82) is 5.26 Å². The molecule has 0 aliphatic carbocycles. The van der Waals surface area contributed by atoms with Crippen LogP contribution in [0.25, 0.3) is 0 Å². The Morgan fingerprint density at radius 1 is 1.39 bits per heavy atom. The van der Waals surface area contributed by atoms with Crippen molar-refractivity contribution >= 4 is 15.9 Å². The minimum absolute atomic E-state index is 0.0509. The summed E-state index contributed by atoms with van der Waals surface area (Å²) in [5.41, 5.74) is 0.0349. The Kier molecular flexibility index (Phi) is 3.58. The summed E-state index contributed by atoms with van der Waals surface area (Å²) in [6.45, 7) is 0.105. The van der Waals surface area contributed by atoms with Gasteiger partial charge < -0.3 is 4.57 Å². The van der Waals surface area contributed by atoms with Crippen molar-refractivity contribution in [1.82, 2.24) is 4.57 Å². The fourth-order valence-corrected chi connectivity index (χ4v) is 1.91. The van der Waals surface area contributed by atoms with E-state index >= 15 is 0 Å². The molecule has 0 amide bonds. The van der Waals surface area contributed by atoms with Gasteiger partial charge in [-0.3, -0.25) is 4.79 Å². The third kappa shape index (κ3) is 2.49. The van der Waals surface area contributed by atoms with Crippen LogP contribution in [0.4, 0.5) is 4.39 Å². The molecule has 0 atom stereocenters. The standard InChI is InChI=1S/C13H8BrFN2O/c14-11-4-3-10(12(15)6-11)8-17-5-1-2-9(7-16)13(17)18/h1-6H,8H2. The predicted molar refractivity (Wildman–Crippen MR) is 68.6 cm³/mol. The van der Waals surface area contributed by atoms with E-state index in [0.29, 0.717) is 10.0 Å². The van der Waals surface area contributed by atoms with Crippen LogP contribution < -0.4 is 5.56 Å². The second-order valence-electron chi connectivity index (χ2n) is 3.70. The zero-order valence-electron chi connectivity index (χ0n) is 9.23. The molecule has 0 aliphatic rings. The summed E-state index contributed by atoms with van der Waals surface area (Å²) in [6.07, 6.45) is 1.53. The highest BCUT2D eigenvalue weighted by Gasteiger charge is 2.06. The average Bonchev–Trinajstić information content (AvgIpc) is 2.35. The monoisotopic (exact) mass is 306 g/mol. The van der Waals surface area contributed by atoms with Gasteiger partial charge >= 0.3 is 0 Å². The Morgan fingerprint density at radius 2 is 2.17 bits per heavy atom. The van der Waals surface area contributed by atoms with Gasteiger partial charge in [0.25, 0.3) is 5.56 Å². The van der Waals surface area contributed by atoms with Gasteiger partial charge in [-0.1, -0.05) is 22.0 Å². The molecule has 5 heteroatoms. The van der Waals surface area contributed by atoms with Gasteiger partial charge in [-0.25, -0.2) is 4.39 Å². The van der Waals surface area contributed by atoms with E-state index in [1.807, 2.05) is 6.07 Å². The van der Waals surface area contributed by atoms with Crippen LogP contribution in [0.3, 0.4) is 0 Å². The molecule has 0 bridgehead atoms. The molecule has 18 heavy (non-hydrogen) atoms. The smallest absolute Gasteiger partial charge is 0.268 e. The first kappa shape index (κ1) is 12.5. The van der Waals surface area contributed by atoms with E-state index in [-0.39, 0.29) is 12.1 Å². The molecule has 1 aromatic carbocycles. The Hall–Kier alpha value is -1.93. The lowest BCUT2D eigenvalue weighted by Gasteiger charge is -2.07. The second kappa shape index (κ2) is 5.15. The van der Waals surface area contributed by atoms with E-state index in [1.165, 1.54) is 22.9 Å². The number of hydrogen-bond donors (Lipinski definition) is 0. The molecule has 2 rings (SSSR count). The molecule has 0 spiro atoms. The van der Waals surface area contributed by atoms with E-state index in [4.69, 9.17) is 5.26 Å². The molecule has 1 aromatic heterocycles. The first-order valence-electron chi connectivity index (χ1n) is 5.15. The third-order valence-corrected chi connectivity index (χ3v) is 2.99. The average molecular weight is 307 g/mol. The van der Waals surface area contributed by atoms with Crippen LogP contribution >= 0.6 is 15.9 Å². The minimum Gasteiger partial charge on any atom is -0.310 e. The van der Waals surface area contributed by atoms with Gasteiger partial charge in [0.05, 0.1) is 6.54 Å². The summed E-state index contributed by atoms with van der Waals surface area (Å²) in [6, 6.07) is 9.50. The number of pyridine rings is 1. The predicted octanol–water partition coefficient (Wildman–Crippen LogP) is 2.67. The number of hydrogen-bond acceptors (Lipinski definition) is 2. The SMILES string of the molecule is N#Cc1cccn(Cc2ccc(Br)cc2F)c1=O. The van der Waals surface area contributed by atoms with Crippen LogP contribution in [-0.2, 0) is 6.54 Å². The van der Waals surface area contributed by atoms with E-state index in [2.05, 4.69) is 15.9 Å². The molecule has 2 aromatic rings. The maximum absolute atomic E-state index is 13.6. The fourth-order valence-electron chi connectivity index (χ4n) is 1.58. The van der Waals surface area contributed by atoms with Gasteiger partial charge in [-0.2, -0.15) is 5.26 Å². The van der Waals surface area contributed by atoms with Crippen molar-refractivity contribution in [3.8, 4) is 6.07 Å². The molecule has 0 fully saturated rings. The molecule has 90 valence electrons. The van der Waals surface area contributed by atoms with Crippen molar-refractivity contribution in [3.63, 3.8) is 0 Å². The number of nitriles is 1. The lowest BCUT2D eigenvalue weighted by atomic mass is 10.2. The summed E-state index contributed by atoms with van der Waals surface area (Å²) in [7, 11) is 0. The largest absolute Gasteiger partial charge is 0.310 e. The number of nitrogens with zero attached hydrogens (tertiary/aromatic N) is 2. The van der Waals surface area contributed by atoms with E-state index in [9.17, 15) is 9.18 Å². The van der Waals surface area contributed by atoms with Crippen LogP contribution in [0.1, 0.15) is 11.1 Å². The van der Waals surface area contributed by atoms with Crippen molar-refractivity contribution in [2.45, 2.75) is 6.54 Å². The van der Waals surface area contributed by atoms with Crippen LogP contribution in [0.15, 0.2) is 45.8 Å². The third-order valence-electron chi connectivity index (χ3n) is 2.50. The normalized spacial score (nSPS) is 10.1. The van der Waals surface area contributed by atoms with Crippen molar-refractivity contribution in [2.24, 2.45) is 0 Å². The van der Waals surface area contributed by atoms with Crippen LogP contribution in [0.5, 0.6) is 0 Å². The Balaban J connectivity index is 2.41. The zero-order chi connectivity index (χ0) is 13.1. The molecule has 0 unspecified atom stereocenters. The van der Waals surface area contributed by atoms with Gasteiger partial charge in [0, 0.05) is 16.2 Å². The summed E-state index contributed by atoms with van der Waals surface area (Å²) in [5, 5.41) is 8.76. The lowest BCUT2D eigenvalue weighted by molar-refractivity contribution is 0.595. The van der Waals surface area contributed by atoms with Gasteiger partial charge in [-0.05, 0) is 24.3 Å². The zero-order valence-corrected chi connectivity index (χ0v) is 10.8.